The van der Waals surface area contributed by atoms with Crippen molar-refractivity contribution in [3.05, 3.63) is 35.9 Å². The Morgan fingerprint density at radius 2 is 1.86 bits per heavy atom. The monoisotopic (exact) mass is 305 g/mol. The molecule has 1 amide bonds. The van der Waals surface area contributed by atoms with Gasteiger partial charge < -0.3 is 14.4 Å². The van der Waals surface area contributed by atoms with Crippen molar-refractivity contribution < 1.29 is 14.3 Å². The van der Waals surface area contributed by atoms with E-state index in [-0.39, 0.29) is 23.3 Å². The molecule has 1 atom stereocenters. The molecule has 0 unspecified atom stereocenters. The zero-order chi connectivity index (χ0) is 16.2. The zero-order valence-electron chi connectivity index (χ0n) is 14.1. The Morgan fingerprint density at radius 1 is 1.23 bits per heavy atom. The van der Waals surface area contributed by atoms with Crippen molar-refractivity contribution >= 4 is 5.91 Å². The Morgan fingerprint density at radius 3 is 2.41 bits per heavy atom. The third kappa shape index (κ3) is 3.50. The Kier molecular flexibility index (Phi) is 5.24. The van der Waals surface area contributed by atoms with E-state index >= 15 is 0 Å². The van der Waals surface area contributed by atoms with Gasteiger partial charge in [0.25, 0.3) is 0 Å². The molecule has 2 rings (SSSR count). The van der Waals surface area contributed by atoms with E-state index in [2.05, 4.69) is 38.1 Å². The molecule has 1 aromatic carbocycles. The molecule has 0 aliphatic heterocycles. The fourth-order valence-corrected chi connectivity index (χ4v) is 3.23. The van der Waals surface area contributed by atoms with Crippen molar-refractivity contribution in [3.63, 3.8) is 0 Å². The molecular formula is C18H27NO3. The summed E-state index contributed by atoms with van der Waals surface area (Å²) >= 11 is 0. The van der Waals surface area contributed by atoms with Gasteiger partial charge in [-0.05, 0) is 17.4 Å². The van der Waals surface area contributed by atoms with Gasteiger partial charge >= 0.3 is 0 Å². The maximum absolute atomic E-state index is 12.2. The summed E-state index contributed by atoms with van der Waals surface area (Å²) in [5.41, 5.74) is 1.60. The van der Waals surface area contributed by atoms with Crippen LogP contribution in [0.5, 0.6) is 0 Å². The number of amides is 1. The molecular weight excluding hydrogens is 278 g/mol. The van der Waals surface area contributed by atoms with E-state index in [1.165, 1.54) is 5.56 Å². The quantitative estimate of drug-likeness (QED) is 0.693. The standard InChI is InChI=1S/C18H27NO3/c1-17(2)13-18(17,15-8-6-5-7-9-15)14-19(3)16(20)12-22-11-10-21-4/h5-9H,10-14H2,1-4H3/t18-/m1/s1. The number of rotatable bonds is 8. The lowest BCUT2D eigenvalue weighted by Crippen LogP contribution is -2.38. The van der Waals surface area contributed by atoms with E-state index in [1.54, 1.807) is 12.0 Å². The maximum atomic E-state index is 12.2. The molecule has 0 radical (unpaired) electrons. The molecule has 1 aliphatic rings. The minimum Gasteiger partial charge on any atom is -0.382 e. The molecule has 0 bridgehead atoms. The van der Waals surface area contributed by atoms with E-state index in [0.717, 1.165) is 13.0 Å². The fourth-order valence-electron chi connectivity index (χ4n) is 3.23. The number of likely N-dealkylation sites (N-methyl/N-ethyl adjacent to an activating group) is 1. The number of carbonyl (C=O) groups is 1. The molecule has 22 heavy (non-hydrogen) atoms. The lowest BCUT2D eigenvalue weighted by Gasteiger charge is -2.27. The number of methoxy groups -OCH3 is 1. The second-order valence-corrected chi connectivity index (χ2v) is 6.80. The van der Waals surface area contributed by atoms with E-state index < -0.39 is 0 Å². The van der Waals surface area contributed by atoms with Crippen molar-refractivity contribution in [2.24, 2.45) is 5.41 Å². The molecule has 0 N–H and O–H groups in total. The highest BCUT2D eigenvalue weighted by atomic mass is 16.5. The van der Waals surface area contributed by atoms with Crippen LogP contribution in [0.15, 0.2) is 30.3 Å². The van der Waals surface area contributed by atoms with Crippen molar-refractivity contribution in [1.82, 2.24) is 4.90 Å². The third-order valence-corrected chi connectivity index (χ3v) is 4.83. The number of carbonyl (C=O) groups excluding carboxylic acids is 1. The Balaban J connectivity index is 1.97. The van der Waals surface area contributed by atoms with Gasteiger partial charge in [0, 0.05) is 26.1 Å². The summed E-state index contributed by atoms with van der Waals surface area (Å²) in [6.45, 7) is 6.35. The topological polar surface area (TPSA) is 38.8 Å². The van der Waals surface area contributed by atoms with Gasteiger partial charge in [-0.25, -0.2) is 0 Å². The second-order valence-electron chi connectivity index (χ2n) is 6.80. The predicted octanol–water partition coefficient (Wildman–Crippen LogP) is 2.48. The van der Waals surface area contributed by atoms with Crippen LogP contribution in [0, 0.1) is 5.41 Å². The molecule has 122 valence electrons. The van der Waals surface area contributed by atoms with Gasteiger partial charge in [0.15, 0.2) is 0 Å². The summed E-state index contributed by atoms with van der Waals surface area (Å²) in [6.07, 6.45) is 1.10. The summed E-state index contributed by atoms with van der Waals surface area (Å²) in [5, 5.41) is 0. The predicted molar refractivity (Wildman–Crippen MR) is 86.9 cm³/mol. The first-order valence-electron chi connectivity index (χ1n) is 7.79. The molecule has 0 aromatic heterocycles. The highest BCUT2D eigenvalue weighted by Gasteiger charge is 2.62. The minimum atomic E-state index is 0.0223. The SMILES string of the molecule is COCCOCC(=O)N(C)C[C@@]1(c2ccccc2)CC1(C)C. The first-order chi connectivity index (χ1) is 10.4. The molecule has 0 saturated heterocycles. The van der Waals surface area contributed by atoms with E-state index in [0.29, 0.717) is 13.2 Å². The van der Waals surface area contributed by atoms with Crippen LogP contribution >= 0.6 is 0 Å². The Labute approximate surface area is 133 Å². The smallest absolute Gasteiger partial charge is 0.248 e. The van der Waals surface area contributed by atoms with Gasteiger partial charge in [0.1, 0.15) is 6.61 Å². The van der Waals surface area contributed by atoms with Crippen LogP contribution in [0.1, 0.15) is 25.8 Å². The van der Waals surface area contributed by atoms with Crippen LogP contribution < -0.4 is 0 Å². The van der Waals surface area contributed by atoms with Crippen LogP contribution in [0.25, 0.3) is 0 Å². The van der Waals surface area contributed by atoms with E-state index in [9.17, 15) is 4.79 Å². The first kappa shape index (κ1) is 17.0. The number of hydrogen-bond donors (Lipinski definition) is 0. The average Bonchev–Trinajstić information content (AvgIpc) is 3.06. The number of hydrogen-bond acceptors (Lipinski definition) is 3. The summed E-state index contributed by atoms with van der Waals surface area (Å²) in [6, 6.07) is 10.5. The van der Waals surface area contributed by atoms with Gasteiger partial charge in [0.05, 0.1) is 13.2 Å². The van der Waals surface area contributed by atoms with Crippen LogP contribution in [0.2, 0.25) is 0 Å². The van der Waals surface area contributed by atoms with E-state index in [1.807, 2.05) is 13.1 Å². The Hall–Kier alpha value is -1.39. The molecule has 1 fully saturated rings. The summed E-state index contributed by atoms with van der Waals surface area (Å²) < 4.78 is 10.2. The van der Waals surface area contributed by atoms with Crippen LogP contribution in [0.4, 0.5) is 0 Å². The molecule has 0 spiro atoms. The van der Waals surface area contributed by atoms with Crippen molar-refractivity contribution in [1.29, 1.82) is 0 Å². The molecule has 1 aliphatic carbocycles. The maximum Gasteiger partial charge on any atom is 0.248 e. The third-order valence-electron chi connectivity index (χ3n) is 4.83. The molecule has 4 nitrogen and oxygen atoms in total. The van der Waals surface area contributed by atoms with Crippen molar-refractivity contribution in [3.8, 4) is 0 Å². The first-order valence-corrected chi connectivity index (χ1v) is 7.79. The van der Waals surface area contributed by atoms with Crippen molar-refractivity contribution in [2.45, 2.75) is 25.7 Å². The highest BCUT2D eigenvalue weighted by Crippen LogP contribution is 2.64. The molecule has 0 heterocycles. The highest BCUT2D eigenvalue weighted by molar-refractivity contribution is 5.77. The number of benzene rings is 1. The largest absolute Gasteiger partial charge is 0.382 e. The minimum absolute atomic E-state index is 0.0223. The summed E-state index contributed by atoms with van der Waals surface area (Å²) in [5.74, 6) is 0.0223. The lowest BCUT2D eigenvalue weighted by molar-refractivity contribution is -0.135. The second kappa shape index (κ2) is 6.80. The Bertz CT molecular complexity index is 500. The van der Waals surface area contributed by atoms with Crippen LogP contribution in [-0.4, -0.2) is 51.3 Å². The van der Waals surface area contributed by atoms with E-state index in [4.69, 9.17) is 9.47 Å². The summed E-state index contributed by atoms with van der Waals surface area (Å²) in [7, 11) is 3.48. The number of ether oxygens (including phenoxy) is 2. The normalized spacial score (nSPS) is 22.4. The van der Waals surface area contributed by atoms with Gasteiger partial charge in [-0.1, -0.05) is 44.2 Å². The van der Waals surface area contributed by atoms with Gasteiger partial charge in [-0.15, -0.1) is 0 Å². The average molecular weight is 305 g/mol. The van der Waals surface area contributed by atoms with Gasteiger partial charge in [-0.2, -0.15) is 0 Å². The van der Waals surface area contributed by atoms with Crippen LogP contribution in [-0.2, 0) is 19.7 Å². The lowest BCUT2D eigenvalue weighted by atomic mass is 9.87. The molecule has 4 heteroatoms. The molecule has 1 aromatic rings. The fraction of sp³-hybridized carbons (Fsp3) is 0.611. The van der Waals surface area contributed by atoms with Gasteiger partial charge in [-0.3, -0.25) is 4.79 Å². The number of nitrogens with zero attached hydrogens (tertiary/aromatic N) is 1. The van der Waals surface area contributed by atoms with Gasteiger partial charge in [0.2, 0.25) is 5.91 Å². The molecule has 1 saturated carbocycles. The zero-order valence-corrected chi connectivity index (χ0v) is 14.1. The van der Waals surface area contributed by atoms with Crippen LogP contribution in [0.3, 0.4) is 0 Å². The van der Waals surface area contributed by atoms with Crippen molar-refractivity contribution in [2.75, 3.05) is 40.5 Å². The summed E-state index contributed by atoms with van der Waals surface area (Å²) in [4.78, 5) is 14.0.